The molecule has 4 aromatic rings. The minimum absolute atomic E-state index is 0.0142. The lowest BCUT2D eigenvalue weighted by molar-refractivity contribution is -0.183. The number of anilines is 1. The van der Waals surface area contributed by atoms with Crippen molar-refractivity contribution in [3.8, 4) is 0 Å². The smallest absolute Gasteiger partial charge is 0.342 e. The molecule has 1 aliphatic heterocycles. The molecule has 1 aromatic carbocycles. The topological polar surface area (TPSA) is 196 Å². The van der Waals surface area contributed by atoms with Crippen LogP contribution in [0.1, 0.15) is 27.8 Å². The second-order valence-corrected chi connectivity index (χ2v) is 10.2. The summed E-state index contributed by atoms with van der Waals surface area (Å²) in [5.41, 5.74) is 3.63. The summed E-state index contributed by atoms with van der Waals surface area (Å²) < 4.78 is 28.8. The number of imidazole rings is 1. The molecule has 4 heterocycles. The van der Waals surface area contributed by atoms with Gasteiger partial charge in [0.15, 0.2) is 29.5 Å². The fraction of sp³-hybridized carbons (Fsp3) is 0.304. The maximum Gasteiger partial charge on any atom is 0.342 e. The van der Waals surface area contributed by atoms with Crippen LogP contribution in [0.4, 0.5) is 10.2 Å². The van der Waals surface area contributed by atoms with Gasteiger partial charge in [-0.25, -0.2) is 23.9 Å². The van der Waals surface area contributed by atoms with Crippen LogP contribution in [0.5, 0.6) is 0 Å². The first-order valence-corrected chi connectivity index (χ1v) is 12.7. The molecule has 1 saturated carbocycles. The van der Waals surface area contributed by atoms with Gasteiger partial charge in [-0.15, -0.1) is 11.3 Å². The molecule has 6 atom stereocenters. The highest BCUT2D eigenvalue weighted by molar-refractivity contribution is 7.07. The summed E-state index contributed by atoms with van der Waals surface area (Å²) in [6.07, 6.45) is -5.10. The second kappa shape index (κ2) is 8.89. The monoisotopic (exact) mass is 576 g/mol. The van der Waals surface area contributed by atoms with Gasteiger partial charge in [-0.1, -0.05) is 12.1 Å². The van der Waals surface area contributed by atoms with Crippen LogP contribution in [-0.4, -0.2) is 75.7 Å². The number of carbonyl (C=O) groups is 2. The lowest BCUT2D eigenvalue weighted by Crippen LogP contribution is -2.45. The van der Waals surface area contributed by atoms with Crippen molar-refractivity contribution in [3.05, 3.63) is 63.6 Å². The number of benzene rings is 1. The first-order valence-electron chi connectivity index (χ1n) is 11.4. The Morgan fingerprint density at radius 3 is 2.59 bits per heavy atom. The van der Waals surface area contributed by atoms with Gasteiger partial charge < -0.3 is 30.5 Å². The molecule has 2 aliphatic rings. The molecule has 1 aliphatic carbocycles. The Morgan fingerprint density at radius 1 is 1.26 bits per heavy atom. The summed E-state index contributed by atoms with van der Waals surface area (Å²) >= 11 is 7.02. The number of fused-ring (bicyclic) bond motifs is 2. The van der Waals surface area contributed by atoms with E-state index in [9.17, 15) is 19.8 Å². The van der Waals surface area contributed by atoms with Gasteiger partial charge in [0.1, 0.15) is 17.7 Å². The summed E-state index contributed by atoms with van der Waals surface area (Å²) in [5.74, 6) is -2.59. The molecule has 202 valence electrons. The van der Waals surface area contributed by atoms with Crippen molar-refractivity contribution >= 4 is 51.9 Å². The van der Waals surface area contributed by atoms with Crippen molar-refractivity contribution in [2.75, 3.05) is 5.73 Å². The summed E-state index contributed by atoms with van der Waals surface area (Å²) in [5, 5.41) is 32.0. The lowest BCUT2D eigenvalue weighted by atomic mass is 9.91. The normalized spacial score (nSPS) is 27.3. The zero-order valence-corrected chi connectivity index (χ0v) is 21.1. The van der Waals surface area contributed by atoms with E-state index in [0.29, 0.717) is 5.56 Å². The molecule has 13 nitrogen and oxygen atoms in total. The van der Waals surface area contributed by atoms with Crippen LogP contribution in [0.15, 0.2) is 41.5 Å². The number of hydrogen-bond acceptors (Lipinski definition) is 11. The predicted molar refractivity (Wildman–Crippen MR) is 132 cm³/mol. The number of carboxylic acid groups (broad SMARTS) is 2. The Hall–Kier alpha value is -3.76. The number of aliphatic hydroxyl groups is 1. The summed E-state index contributed by atoms with van der Waals surface area (Å²) in [6.45, 7) is 0. The molecule has 0 amide bonds. The Bertz CT molecular complexity index is 1600. The minimum Gasteiger partial charge on any atom is -0.479 e. The number of aromatic nitrogens is 5. The number of alkyl halides is 1. The molecule has 1 saturated heterocycles. The van der Waals surface area contributed by atoms with E-state index in [1.807, 2.05) is 0 Å². The van der Waals surface area contributed by atoms with E-state index in [1.165, 1.54) is 46.1 Å². The molecule has 0 spiro atoms. The van der Waals surface area contributed by atoms with E-state index >= 15 is 4.39 Å². The third-order valence-corrected chi connectivity index (χ3v) is 7.68. The predicted octanol–water partition coefficient (Wildman–Crippen LogP) is 1.80. The number of nitrogens with two attached hydrogens (primary N) is 1. The first-order chi connectivity index (χ1) is 18.6. The van der Waals surface area contributed by atoms with Crippen LogP contribution in [0.2, 0.25) is 5.28 Å². The van der Waals surface area contributed by atoms with Crippen molar-refractivity contribution < 1.29 is 38.8 Å². The number of halogens is 2. The van der Waals surface area contributed by atoms with Crippen LogP contribution in [0, 0.1) is 0 Å². The van der Waals surface area contributed by atoms with Gasteiger partial charge in [-0.3, -0.25) is 4.57 Å². The van der Waals surface area contributed by atoms with Gasteiger partial charge in [-0.2, -0.15) is 9.97 Å². The van der Waals surface area contributed by atoms with E-state index in [1.54, 1.807) is 0 Å². The third-order valence-electron chi connectivity index (χ3n) is 6.92. The molecule has 3 aromatic heterocycles. The van der Waals surface area contributed by atoms with Crippen molar-refractivity contribution in [2.45, 2.75) is 42.2 Å². The highest BCUT2D eigenvalue weighted by atomic mass is 35.5. The van der Waals surface area contributed by atoms with E-state index in [4.69, 9.17) is 31.9 Å². The summed E-state index contributed by atoms with van der Waals surface area (Å²) in [7, 11) is 0. The first kappa shape index (κ1) is 25.5. The fourth-order valence-corrected chi connectivity index (χ4v) is 5.63. The lowest BCUT2D eigenvalue weighted by Gasteiger charge is -2.31. The van der Waals surface area contributed by atoms with Crippen molar-refractivity contribution in [1.29, 1.82) is 0 Å². The molecular formula is C23H18ClFN6O7S. The fourth-order valence-electron chi connectivity index (χ4n) is 4.84. The minimum atomic E-state index is -2.19. The van der Waals surface area contributed by atoms with Crippen LogP contribution in [0.3, 0.4) is 0 Å². The zero-order valence-electron chi connectivity index (χ0n) is 19.5. The maximum absolute atomic E-state index is 15.8. The number of aliphatic carboxylic acids is 1. The van der Waals surface area contributed by atoms with Crippen molar-refractivity contribution in [1.82, 2.24) is 24.5 Å². The third kappa shape index (κ3) is 3.84. The second-order valence-electron chi connectivity index (χ2n) is 9.16. The molecule has 0 radical (unpaired) electrons. The van der Waals surface area contributed by atoms with Crippen molar-refractivity contribution in [2.24, 2.45) is 0 Å². The average molecular weight is 577 g/mol. The van der Waals surface area contributed by atoms with E-state index in [0.717, 1.165) is 11.3 Å². The standard InChI is InChI=1S/C23H18ClFN6O7S/c24-21-29-16(26)12-17(30-21)31(7-27-12)18-13(25)23(36)14(37-18)15(23)38-22(20(34)35,11-6-39-8-28-11)5-9-1-3-10(4-2-9)19(32)33/h1-4,6-8,13-15,18,36H,5H2,(H,32,33)(H,34,35)(H2,26,29,30)/t13-,14-,15?,18-,22-,23+/m1/s1. The van der Waals surface area contributed by atoms with Gasteiger partial charge in [0.25, 0.3) is 0 Å². The van der Waals surface area contributed by atoms with Crippen molar-refractivity contribution in [3.63, 3.8) is 0 Å². The molecule has 0 bridgehead atoms. The molecule has 16 heteroatoms. The van der Waals surface area contributed by atoms with Gasteiger partial charge in [-0.05, 0) is 29.3 Å². The van der Waals surface area contributed by atoms with E-state index < -0.39 is 47.7 Å². The quantitative estimate of drug-likeness (QED) is 0.222. The highest BCUT2D eigenvalue weighted by Crippen LogP contribution is 2.58. The molecule has 6 rings (SSSR count). The number of rotatable bonds is 8. The maximum atomic E-state index is 15.8. The Kier molecular flexibility index (Phi) is 5.82. The van der Waals surface area contributed by atoms with Crippen LogP contribution in [-0.2, 0) is 26.3 Å². The molecule has 39 heavy (non-hydrogen) atoms. The number of thiazole rings is 1. The number of ether oxygens (including phenoxy) is 2. The molecule has 1 unspecified atom stereocenters. The molecule has 5 N–H and O–H groups in total. The Balaban J connectivity index is 1.30. The van der Waals surface area contributed by atoms with Gasteiger partial charge in [0, 0.05) is 11.8 Å². The SMILES string of the molecule is Nc1nc(Cl)nc2c1ncn2[C@@H]1O[C@@H]2C(O[C@@](Cc3ccc(C(=O)O)cc3)(C(=O)O)c3cscn3)[C@]2(O)[C@@H]1F. The van der Waals surface area contributed by atoms with Gasteiger partial charge in [0.2, 0.25) is 10.9 Å². The number of hydrogen-bond donors (Lipinski definition) is 4. The highest BCUT2D eigenvalue weighted by Gasteiger charge is 2.80. The van der Waals surface area contributed by atoms with E-state index in [2.05, 4.69) is 19.9 Å². The summed E-state index contributed by atoms with van der Waals surface area (Å²) in [6, 6.07) is 5.56. The summed E-state index contributed by atoms with van der Waals surface area (Å²) in [4.78, 5) is 40.0. The molecular weight excluding hydrogens is 559 g/mol. The number of aromatic carboxylic acids is 1. The van der Waals surface area contributed by atoms with Crippen LogP contribution >= 0.6 is 22.9 Å². The molecule has 2 fully saturated rings. The van der Waals surface area contributed by atoms with Gasteiger partial charge in [0.05, 0.1) is 23.1 Å². The zero-order chi connectivity index (χ0) is 27.7. The number of carboxylic acids is 2. The van der Waals surface area contributed by atoms with Crippen LogP contribution < -0.4 is 5.73 Å². The Morgan fingerprint density at radius 2 is 2.00 bits per heavy atom. The number of nitrogens with zero attached hydrogens (tertiary/aromatic N) is 5. The van der Waals surface area contributed by atoms with E-state index in [-0.39, 0.29) is 39.9 Å². The largest absolute Gasteiger partial charge is 0.479 e. The Labute approximate surface area is 226 Å². The average Bonchev–Trinajstić information content (AvgIpc) is 3.39. The number of nitrogen functional groups attached to an aromatic ring is 1. The van der Waals surface area contributed by atoms with Crippen LogP contribution in [0.25, 0.3) is 11.2 Å². The van der Waals surface area contributed by atoms with Gasteiger partial charge >= 0.3 is 11.9 Å².